The number of ether oxygens (including phenoxy) is 1. The summed E-state index contributed by atoms with van der Waals surface area (Å²) < 4.78 is 5.70. The maximum Gasteiger partial charge on any atom is 0.321 e. The summed E-state index contributed by atoms with van der Waals surface area (Å²) in [6.45, 7) is 6.58. The van der Waals surface area contributed by atoms with Crippen LogP contribution in [-0.4, -0.2) is 59.5 Å². The lowest BCUT2D eigenvalue weighted by molar-refractivity contribution is -0.131. The Kier molecular flexibility index (Phi) is 7.24. The maximum atomic E-state index is 12.8. The first kappa shape index (κ1) is 22.8. The van der Waals surface area contributed by atoms with Gasteiger partial charge in [0.2, 0.25) is 5.91 Å². The zero-order chi connectivity index (χ0) is 23.2. The Bertz CT molecular complexity index is 1120. The maximum absolute atomic E-state index is 12.8. The molecule has 0 atom stereocenters. The number of hydrogen-bond acceptors (Lipinski definition) is 5. The molecule has 0 aliphatic carbocycles. The highest BCUT2D eigenvalue weighted by Gasteiger charge is 2.25. The minimum Gasteiger partial charge on any atom is -0.493 e. The predicted molar refractivity (Wildman–Crippen MR) is 131 cm³/mol. The van der Waals surface area contributed by atoms with Gasteiger partial charge in [0.1, 0.15) is 10.8 Å². The lowest BCUT2D eigenvalue weighted by atomic mass is 10.2. The normalized spacial score (nSPS) is 13.6. The third-order valence-electron chi connectivity index (χ3n) is 5.49. The van der Waals surface area contributed by atoms with Gasteiger partial charge in [-0.05, 0) is 43.7 Å². The van der Waals surface area contributed by atoms with Crippen LogP contribution >= 0.6 is 11.3 Å². The van der Waals surface area contributed by atoms with Crippen LogP contribution in [-0.2, 0) is 11.2 Å². The summed E-state index contributed by atoms with van der Waals surface area (Å²) in [5.74, 6) is 0.830. The van der Waals surface area contributed by atoms with Gasteiger partial charge in [0.15, 0.2) is 0 Å². The summed E-state index contributed by atoms with van der Waals surface area (Å²) in [5, 5.41) is 5.71. The molecule has 8 heteroatoms. The second kappa shape index (κ2) is 10.5. The van der Waals surface area contributed by atoms with Crippen molar-refractivity contribution in [2.75, 3.05) is 38.1 Å². The molecule has 1 aromatic heterocycles. The van der Waals surface area contributed by atoms with Gasteiger partial charge in [-0.15, -0.1) is 11.3 Å². The van der Waals surface area contributed by atoms with E-state index < -0.39 is 0 Å². The van der Waals surface area contributed by atoms with Crippen LogP contribution in [0.3, 0.4) is 0 Å². The van der Waals surface area contributed by atoms with Gasteiger partial charge >= 0.3 is 6.03 Å². The number of benzene rings is 2. The number of nitrogens with zero attached hydrogens (tertiary/aromatic N) is 3. The van der Waals surface area contributed by atoms with Crippen molar-refractivity contribution in [1.82, 2.24) is 14.8 Å². The quantitative estimate of drug-likeness (QED) is 0.585. The van der Waals surface area contributed by atoms with Crippen LogP contribution in [0.2, 0.25) is 0 Å². The smallest absolute Gasteiger partial charge is 0.321 e. The van der Waals surface area contributed by atoms with Crippen LogP contribution < -0.4 is 10.1 Å². The Morgan fingerprint density at radius 2 is 1.82 bits per heavy atom. The van der Waals surface area contributed by atoms with Crippen molar-refractivity contribution in [3.63, 3.8) is 0 Å². The van der Waals surface area contributed by atoms with E-state index in [1.54, 1.807) is 4.90 Å². The molecule has 0 saturated carbocycles. The summed E-state index contributed by atoms with van der Waals surface area (Å²) >= 11 is 1.51. The number of thiazole rings is 1. The first-order valence-electron chi connectivity index (χ1n) is 11.1. The fraction of sp³-hybridized carbons (Fsp3) is 0.320. The Hall–Kier alpha value is -3.39. The molecule has 0 bridgehead atoms. The number of amides is 3. The Morgan fingerprint density at radius 1 is 1.06 bits per heavy atom. The van der Waals surface area contributed by atoms with E-state index >= 15 is 0 Å². The summed E-state index contributed by atoms with van der Waals surface area (Å²) in [6, 6.07) is 15.4. The monoisotopic (exact) mass is 464 g/mol. The largest absolute Gasteiger partial charge is 0.493 e. The zero-order valence-electron chi connectivity index (χ0n) is 18.9. The fourth-order valence-corrected chi connectivity index (χ4v) is 4.64. The molecule has 33 heavy (non-hydrogen) atoms. The van der Waals surface area contributed by atoms with Crippen molar-refractivity contribution < 1.29 is 14.3 Å². The first-order valence-corrected chi connectivity index (χ1v) is 12.0. The average Bonchev–Trinajstić information content (AvgIpc) is 3.28. The molecule has 7 nitrogen and oxygen atoms in total. The molecule has 172 valence electrons. The second-order valence-corrected chi connectivity index (χ2v) is 8.78. The van der Waals surface area contributed by atoms with Gasteiger partial charge in [-0.2, -0.15) is 0 Å². The number of aryl methyl sites for hydroxylation is 1. The molecule has 1 fully saturated rings. The molecule has 3 aromatic rings. The van der Waals surface area contributed by atoms with Crippen molar-refractivity contribution in [2.24, 2.45) is 0 Å². The molecule has 3 amide bonds. The summed E-state index contributed by atoms with van der Waals surface area (Å²) in [7, 11) is 0. The molecule has 1 saturated heterocycles. The summed E-state index contributed by atoms with van der Waals surface area (Å²) in [6.07, 6.45) is 0.253. The van der Waals surface area contributed by atoms with E-state index in [0.29, 0.717) is 32.8 Å². The van der Waals surface area contributed by atoms with Crippen LogP contribution in [0.4, 0.5) is 10.5 Å². The number of piperazine rings is 1. The second-order valence-electron chi connectivity index (χ2n) is 7.92. The number of carbonyl (C=O) groups is 2. The van der Waals surface area contributed by atoms with Crippen LogP contribution in [0.1, 0.15) is 18.2 Å². The molecule has 1 aliphatic heterocycles. The average molecular weight is 465 g/mol. The predicted octanol–water partition coefficient (Wildman–Crippen LogP) is 4.44. The first-order chi connectivity index (χ1) is 16.0. The highest BCUT2D eigenvalue weighted by molar-refractivity contribution is 7.13. The van der Waals surface area contributed by atoms with Crippen LogP contribution in [0.15, 0.2) is 53.9 Å². The van der Waals surface area contributed by atoms with E-state index in [1.165, 1.54) is 11.3 Å². The molecular weight excluding hydrogens is 436 g/mol. The van der Waals surface area contributed by atoms with E-state index in [1.807, 2.05) is 72.7 Å². The minimum absolute atomic E-state index is 0.0312. The number of urea groups is 1. The molecule has 0 unspecified atom stereocenters. The molecule has 2 heterocycles. The number of rotatable bonds is 6. The van der Waals surface area contributed by atoms with Gasteiger partial charge in [-0.3, -0.25) is 4.79 Å². The number of anilines is 1. The van der Waals surface area contributed by atoms with Crippen LogP contribution in [0.5, 0.6) is 5.75 Å². The van der Waals surface area contributed by atoms with Crippen molar-refractivity contribution in [2.45, 2.75) is 20.3 Å². The number of carbonyl (C=O) groups excluding carboxylic acids is 2. The van der Waals surface area contributed by atoms with Crippen LogP contribution in [0, 0.1) is 6.92 Å². The van der Waals surface area contributed by atoms with Crippen molar-refractivity contribution in [3.8, 4) is 16.3 Å². The van der Waals surface area contributed by atoms with Gasteiger partial charge in [-0.25, -0.2) is 9.78 Å². The topological polar surface area (TPSA) is 74.8 Å². The van der Waals surface area contributed by atoms with Gasteiger partial charge in [0.25, 0.3) is 0 Å². The molecular formula is C25H28N4O3S. The minimum atomic E-state index is -0.134. The van der Waals surface area contributed by atoms with Crippen molar-refractivity contribution >= 4 is 29.0 Å². The summed E-state index contributed by atoms with van der Waals surface area (Å²) in [4.78, 5) is 33.6. The van der Waals surface area contributed by atoms with E-state index in [-0.39, 0.29) is 18.4 Å². The highest BCUT2D eigenvalue weighted by atomic mass is 32.1. The molecule has 1 N–H and O–H groups in total. The fourth-order valence-electron chi connectivity index (χ4n) is 3.79. The van der Waals surface area contributed by atoms with Gasteiger partial charge in [0, 0.05) is 37.2 Å². The Balaban J connectivity index is 1.31. The lowest BCUT2D eigenvalue weighted by Crippen LogP contribution is -2.52. The standard InChI is InChI=1S/C25H28N4O3S/c1-3-32-22-10-5-4-9-21(22)24-26-20(17-33-24)16-23(30)28-11-13-29(14-12-28)25(31)27-19-8-6-7-18(2)15-19/h4-10,15,17H,3,11-14,16H2,1-2H3,(H,27,31). The van der Waals surface area contributed by atoms with Gasteiger partial charge in [-0.1, -0.05) is 24.3 Å². The molecule has 2 aromatic carbocycles. The number of nitrogens with one attached hydrogen (secondary N) is 1. The van der Waals surface area contributed by atoms with E-state index in [4.69, 9.17) is 4.74 Å². The molecule has 0 spiro atoms. The third-order valence-corrected chi connectivity index (χ3v) is 6.41. The number of para-hydroxylation sites is 1. The Labute approximate surface area is 198 Å². The molecule has 0 radical (unpaired) electrons. The van der Waals surface area contributed by atoms with Crippen molar-refractivity contribution in [1.29, 1.82) is 0 Å². The Morgan fingerprint density at radius 3 is 2.58 bits per heavy atom. The highest BCUT2D eigenvalue weighted by Crippen LogP contribution is 2.32. The third kappa shape index (κ3) is 5.70. The van der Waals surface area contributed by atoms with E-state index in [2.05, 4.69) is 10.3 Å². The lowest BCUT2D eigenvalue weighted by Gasteiger charge is -2.34. The van der Waals surface area contributed by atoms with Gasteiger partial charge < -0.3 is 19.9 Å². The van der Waals surface area contributed by atoms with Crippen LogP contribution in [0.25, 0.3) is 10.6 Å². The summed E-state index contributed by atoms with van der Waals surface area (Å²) in [5.41, 5.74) is 3.57. The van der Waals surface area contributed by atoms with Gasteiger partial charge in [0.05, 0.1) is 24.3 Å². The molecule has 4 rings (SSSR count). The van der Waals surface area contributed by atoms with E-state index in [9.17, 15) is 9.59 Å². The van der Waals surface area contributed by atoms with E-state index in [0.717, 1.165) is 33.3 Å². The van der Waals surface area contributed by atoms with Crippen molar-refractivity contribution in [3.05, 3.63) is 65.2 Å². The SMILES string of the molecule is CCOc1ccccc1-c1nc(CC(=O)N2CCN(C(=O)Nc3cccc(C)c3)CC2)cs1. The molecule has 1 aliphatic rings. The number of aromatic nitrogens is 1. The zero-order valence-corrected chi connectivity index (χ0v) is 19.7. The number of hydrogen-bond donors (Lipinski definition) is 1.